The SMILES string of the molecule is CSC(=Nc1ccc(C=Cc2ccc(-c3ccccc3)cc2)c(S(=O)(=O)O)c1)NC#N. The predicted octanol–water partition coefficient (Wildman–Crippen LogP) is 5.19. The number of thioether (sulfide) groups is 1. The fourth-order valence-electron chi connectivity index (χ4n) is 2.85. The predicted molar refractivity (Wildman–Crippen MR) is 126 cm³/mol. The molecule has 0 fully saturated rings. The molecule has 8 heteroatoms. The maximum Gasteiger partial charge on any atom is 0.295 e. The van der Waals surface area contributed by atoms with Gasteiger partial charge >= 0.3 is 0 Å². The standard InChI is InChI=1S/C23H19N3O3S2/c1-30-23(25-16-24)26-21-14-13-20(22(15-21)31(27,28)29)12-9-17-7-10-19(11-8-17)18-5-3-2-4-6-18/h2-15H,1H3,(H,25,26)(H,27,28,29). The largest absolute Gasteiger partial charge is 0.295 e. The Bertz CT molecular complexity index is 1260. The van der Waals surface area contributed by atoms with Gasteiger partial charge in [-0.15, -0.1) is 0 Å². The third kappa shape index (κ3) is 6.06. The van der Waals surface area contributed by atoms with E-state index in [1.165, 1.54) is 17.8 Å². The smallest absolute Gasteiger partial charge is 0.282 e. The van der Waals surface area contributed by atoms with E-state index in [1.807, 2.05) is 54.6 Å². The third-order valence-electron chi connectivity index (χ3n) is 4.34. The fourth-order valence-corrected chi connectivity index (χ4v) is 3.89. The molecule has 0 aliphatic carbocycles. The van der Waals surface area contributed by atoms with Gasteiger partial charge in [0.2, 0.25) is 0 Å². The molecule has 0 heterocycles. The molecule has 3 rings (SSSR count). The Balaban J connectivity index is 1.90. The minimum Gasteiger partial charge on any atom is -0.282 e. The zero-order chi connectivity index (χ0) is 22.3. The van der Waals surface area contributed by atoms with Crippen molar-refractivity contribution >= 4 is 44.9 Å². The van der Waals surface area contributed by atoms with Crippen molar-refractivity contribution < 1.29 is 13.0 Å². The van der Waals surface area contributed by atoms with E-state index in [-0.39, 0.29) is 4.90 Å². The molecule has 0 saturated carbocycles. The summed E-state index contributed by atoms with van der Waals surface area (Å²) in [6.45, 7) is 0. The summed E-state index contributed by atoms with van der Waals surface area (Å²) in [5, 5.41) is 11.5. The van der Waals surface area contributed by atoms with Gasteiger partial charge in [-0.2, -0.15) is 13.7 Å². The molecule has 2 N–H and O–H groups in total. The molecule has 0 radical (unpaired) electrons. The lowest BCUT2D eigenvalue weighted by atomic mass is 10.0. The van der Waals surface area contributed by atoms with Gasteiger partial charge in [-0.3, -0.25) is 9.87 Å². The van der Waals surface area contributed by atoms with Crippen LogP contribution in [0.25, 0.3) is 23.3 Å². The number of aliphatic imine (C=N–C) groups is 1. The monoisotopic (exact) mass is 449 g/mol. The number of benzene rings is 3. The molecule has 6 nitrogen and oxygen atoms in total. The quantitative estimate of drug-likeness (QED) is 0.139. The van der Waals surface area contributed by atoms with E-state index in [4.69, 9.17) is 5.26 Å². The summed E-state index contributed by atoms with van der Waals surface area (Å²) in [5.74, 6) is 0. The number of amidine groups is 1. The summed E-state index contributed by atoms with van der Waals surface area (Å²) in [6, 6.07) is 22.3. The molecular weight excluding hydrogens is 430 g/mol. The van der Waals surface area contributed by atoms with Crippen molar-refractivity contribution in [3.63, 3.8) is 0 Å². The summed E-state index contributed by atoms with van der Waals surface area (Å²) in [6.07, 6.45) is 6.89. The number of nitriles is 1. The van der Waals surface area contributed by atoms with E-state index in [2.05, 4.69) is 10.3 Å². The number of rotatable bonds is 5. The zero-order valence-corrected chi connectivity index (χ0v) is 18.2. The fraction of sp³-hybridized carbons (Fsp3) is 0.0435. The molecule has 0 bridgehead atoms. The van der Waals surface area contributed by atoms with Crippen molar-refractivity contribution in [2.75, 3.05) is 6.26 Å². The Morgan fingerprint density at radius 3 is 2.32 bits per heavy atom. The third-order valence-corrected chi connectivity index (χ3v) is 5.82. The minimum atomic E-state index is -4.47. The van der Waals surface area contributed by atoms with E-state index in [0.717, 1.165) is 16.7 Å². The van der Waals surface area contributed by atoms with Gasteiger partial charge in [-0.1, -0.05) is 84.6 Å². The van der Waals surface area contributed by atoms with Gasteiger partial charge in [0.1, 0.15) is 4.90 Å². The highest BCUT2D eigenvalue weighted by molar-refractivity contribution is 8.13. The molecular formula is C23H19N3O3S2. The molecule has 0 aromatic heterocycles. The average Bonchev–Trinajstić information content (AvgIpc) is 2.78. The Kier molecular flexibility index (Phi) is 7.26. The first-order valence-electron chi connectivity index (χ1n) is 9.13. The van der Waals surface area contributed by atoms with Gasteiger partial charge in [0.25, 0.3) is 10.1 Å². The Morgan fingerprint density at radius 1 is 1.03 bits per heavy atom. The Labute approximate surface area is 185 Å². The van der Waals surface area contributed by atoms with Crippen LogP contribution in [0.4, 0.5) is 5.69 Å². The first-order valence-corrected chi connectivity index (χ1v) is 11.8. The number of nitrogens with zero attached hydrogens (tertiary/aromatic N) is 2. The van der Waals surface area contributed by atoms with Gasteiger partial charge < -0.3 is 0 Å². The molecule has 156 valence electrons. The van der Waals surface area contributed by atoms with Crippen LogP contribution in [0.2, 0.25) is 0 Å². The Hall–Kier alpha value is -3.38. The van der Waals surface area contributed by atoms with Crippen molar-refractivity contribution in [3.05, 3.63) is 83.9 Å². The van der Waals surface area contributed by atoms with E-state index in [1.54, 1.807) is 36.7 Å². The van der Waals surface area contributed by atoms with Crippen molar-refractivity contribution in [3.8, 4) is 17.3 Å². The van der Waals surface area contributed by atoms with Crippen LogP contribution in [-0.4, -0.2) is 24.4 Å². The molecule has 0 atom stereocenters. The summed E-state index contributed by atoms with van der Waals surface area (Å²) in [4.78, 5) is 3.92. The first kappa shape index (κ1) is 22.3. The van der Waals surface area contributed by atoms with Gasteiger partial charge in [0.15, 0.2) is 11.4 Å². The van der Waals surface area contributed by atoms with Crippen LogP contribution >= 0.6 is 11.8 Å². The van der Waals surface area contributed by atoms with Crippen LogP contribution in [0.5, 0.6) is 0 Å². The average molecular weight is 450 g/mol. The molecule has 0 unspecified atom stereocenters. The highest BCUT2D eigenvalue weighted by Gasteiger charge is 2.15. The van der Waals surface area contributed by atoms with Crippen LogP contribution in [0, 0.1) is 11.5 Å². The molecule has 0 aliphatic heterocycles. The van der Waals surface area contributed by atoms with Crippen molar-refractivity contribution in [1.82, 2.24) is 5.32 Å². The number of nitrogens with one attached hydrogen (secondary N) is 1. The van der Waals surface area contributed by atoms with Gasteiger partial charge in [-0.05, 0) is 40.6 Å². The highest BCUT2D eigenvalue weighted by atomic mass is 32.2. The molecule has 0 aliphatic rings. The second-order valence-corrected chi connectivity index (χ2v) is 8.56. The van der Waals surface area contributed by atoms with Gasteiger partial charge in [0, 0.05) is 0 Å². The number of hydrogen-bond acceptors (Lipinski definition) is 5. The molecule has 0 saturated heterocycles. The Morgan fingerprint density at radius 2 is 1.71 bits per heavy atom. The molecule has 3 aromatic rings. The van der Waals surface area contributed by atoms with Crippen molar-refractivity contribution in [2.45, 2.75) is 4.90 Å². The van der Waals surface area contributed by atoms with Crippen LogP contribution < -0.4 is 5.32 Å². The lowest BCUT2D eigenvalue weighted by molar-refractivity contribution is 0.483. The van der Waals surface area contributed by atoms with E-state index in [9.17, 15) is 13.0 Å². The maximum absolute atomic E-state index is 11.9. The first-order chi connectivity index (χ1) is 14.9. The second-order valence-electron chi connectivity index (χ2n) is 6.38. The molecule has 3 aromatic carbocycles. The second kappa shape index (κ2) is 10.1. The normalized spacial score (nSPS) is 12.0. The van der Waals surface area contributed by atoms with Crippen LogP contribution in [0.15, 0.2) is 82.7 Å². The molecule has 0 amide bonds. The summed E-state index contributed by atoms with van der Waals surface area (Å²) in [5.41, 5.74) is 3.69. The summed E-state index contributed by atoms with van der Waals surface area (Å²) in [7, 11) is -4.47. The minimum absolute atomic E-state index is 0.261. The highest BCUT2D eigenvalue weighted by Crippen LogP contribution is 2.26. The molecule has 31 heavy (non-hydrogen) atoms. The van der Waals surface area contributed by atoms with Crippen LogP contribution in [0.3, 0.4) is 0 Å². The maximum atomic E-state index is 11.9. The summed E-state index contributed by atoms with van der Waals surface area (Å²) >= 11 is 1.20. The van der Waals surface area contributed by atoms with E-state index >= 15 is 0 Å². The lowest BCUT2D eigenvalue weighted by Crippen LogP contribution is -2.12. The lowest BCUT2D eigenvalue weighted by Gasteiger charge is -2.06. The van der Waals surface area contributed by atoms with Gasteiger partial charge in [-0.25, -0.2) is 4.99 Å². The van der Waals surface area contributed by atoms with E-state index in [0.29, 0.717) is 16.4 Å². The summed E-state index contributed by atoms with van der Waals surface area (Å²) < 4.78 is 33.5. The van der Waals surface area contributed by atoms with E-state index < -0.39 is 10.1 Å². The number of hydrogen-bond donors (Lipinski definition) is 2. The van der Waals surface area contributed by atoms with Crippen molar-refractivity contribution in [2.24, 2.45) is 4.99 Å². The molecule has 0 spiro atoms. The van der Waals surface area contributed by atoms with Crippen molar-refractivity contribution in [1.29, 1.82) is 5.26 Å². The van der Waals surface area contributed by atoms with Gasteiger partial charge in [0.05, 0.1) is 5.69 Å². The van der Waals surface area contributed by atoms with Crippen LogP contribution in [-0.2, 0) is 10.1 Å². The topological polar surface area (TPSA) is 103 Å². The van der Waals surface area contributed by atoms with Crippen LogP contribution in [0.1, 0.15) is 11.1 Å². The zero-order valence-electron chi connectivity index (χ0n) is 16.6.